The van der Waals surface area contributed by atoms with E-state index in [2.05, 4.69) is 10.3 Å². The van der Waals surface area contributed by atoms with Gasteiger partial charge in [-0.05, 0) is 24.0 Å². The number of hydrogen-bond acceptors (Lipinski definition) is 6. The maximum Gasteiger partial charge on any atom is 0.267 e. The molecule has 0 saturated carbocycles. The van der Waals surface area contributed by atoms with Crippen LogP contribution >= 0.6 is 22.7 Å². The Bertz CT molecular complexity index is 1100. The van der Waals surface area contributed by atoms with E-state index in [1.807, 2.05) is 13.8 Å². The fourth-order valence-corrected chi connectivity index (χ4v) is 5.59. The SMILES string of the molecule is COCc1c(C(=O)Nc2nc3c(s2)C(=O)CC(C)(C)C3)sc2cccc(F)c12. The summed E-state index contributed by atoms with van der Waals surface area (Å²) in [5.74, 6) is -0.684. The van der Waals surface area contributed by atoms with Crippen LogP contribution in [-0.2, 0) is 17.8 Å². The van der Waals surface area contributed by atoms with Crippen molar-refractivity contribution in [1.29, 1.82) is 0 Å². The molecule has 1 aromatic carbocycles. The van der Waals surface area contributed by atoms with Crippen LogP contribution < -0.4 is 5.32 Å². The van der Waals surface area contributed by atoms with E-state index in [-0.39, 0.29) is 29.5 Å². The van der Waals surface area contributed by atoms with Gasteiger partial charge in [-0.15, -0.1) is 11.3 Å². The minimum atomic E-state index is -0.377. The fourth-order valence-electron chi connectivity index (χ4n) is 3.56. The van der Waals surface area contributed by atoms with Crippen LogP contribution in [0, 0.1) is 11.2 Å². The van der Waals surface area contributed by atoms with E-state index < -0.39 is 0 Å². The average molecular weight is 419 g/mol. The van der Waals surface area contributed by atoms with Crippen molar-refractivity contribution in [3.8, 4) is 0 Å². The van der Waals surface area contributed by atoms with Gasteiger partial charge in [-0.25, -0.2) is 9.37 Å². The summed E-state index contributed by atoms with van der Waals surface area (Å²) < 4.78 is 20.2. The monoisotopic (exact) mass is 418 g/mol. The quantitative estimate of drug-likeness (QED) is 0.644. The second-order valence-corrected chi connectivity index (χ2v) is 9.70. The lowest BCUT2D eigenvalue weighted by atomic mass is 9.78. The summed E-state index contributed by atoms with van der Waals surface area (Å²) in [5.41, 5.74) is 1.13. The van der Waals surface area contributed by atoms with E-state index >= 15 is 0 Å². The molecular formula is C20H19FN2O3S2. The van der Waals surface area contributed by atoms with E-state index in [9.17, 15) is 14.0 Å². The number of amides is 1. The van der Waals surface area contributed by atoms with Crippen LogP contribution in [0.2, 0.25) is 0 Å². The topological polar surface area (TPSA) is 68.3 Å². The number of aromatic nitrogens is 1. The van der Waals surface area contributed by atoms with Crippen molar-refractivity contribution >= 4 is 49.6 Å². The highest BCUT2D eigenvalue weighted by molar-refractivity contribution is 7.21. The molecular weight excluding hydrogens is 399 g/mol. The molecule has 0 aliphatic heterocycles. The number of benzene rings is 1. The molecule has 28 heavy (non-hydrogen) atoms. The number of ether oxygens (including phenoxy) is 1. The number of hydrogen-bond donors (Lipinski definition) is 1. The highest BCUT2D eigenvalue weighted by Gasteiger charge is 2.34. The van der Waals surface area contributed by atoms with Crippen LogP contribution in [0.25, 0.3) is 10.1 Å². The van der Waals surface area contributed by atoms with Gasteiger partial charge in [0.1, 0.15) is 5.82 Å². The molecule has 4 rings (SSSR count). The molecule has 0 fully saturated rings. The maximum atomic E-state index is 14.3. The molecule has 5 nitrogen and oxygen atoms in total. The van der Waals surface area contributed by atoms with Gasteiger partial charge in [0.05, 0.1) is 22.1 Å². The molecule has 2 heterocycles. The molecule has 3 aromatic rings. The number of thiazole rings is 1. The normalized spacial score (nSPS) is 15.6. The minimum Gasteiger partial charge on any atom is -0.380 e. The van der Waals surface area contributed by atoms with Crippen molar-refractivity contribution in [3.05, 3.63) is 45.0 Å². The Kier molecular flexibility index (Phi) is 4.81. The Morgan fingerprint density at radius 1 is 1.32 bits per heavy atom. The molecule has 0 spiro atoms. The number of carbonyl (C=O) groups excluding carboxylic acids is 2. The molecule has 2 aromatic heterocycles. The molecule has 0 radical (unpaired) electrons. The molecule has 1 aliphatic carbocycles. The first kappa shape index (κ1) is 19.2. The van der Waals surface area contributed by atoms with Gasteiger partial charge in [0.25, 0.3) is 5.91 Å². The van der Waals surface area contributed by atoms with Crippen LogP contribution in [0.5, 0.6) is 0 Å². The van der Waals surface area contributed by atoms with Crippen molar-refractivity contribution in [3.63, 3.8) is 0 Å². The van der Waals surface area contributed by atoms with Crippen LogP contribution in [0.3, 0.4) is 0 Å². The van der Waals surface area contributed by atoms with E-state index in [1.54, 1.807) is 12.1 Å². The predicted octanol–water partition coefficient (Wildman–Crippen LogP) is 5.05. The smallest absolute Gasteiger partial charge is 0.267 e. The van der Waals surface area contributed by atoms with Gasteiger partial charge in [-0.3, -0.25) is 14.9 Å². The van der Waals surface area contributed by atoms with E-state index in [1.165, 1.54) is 35.8 Å². The summed E-state index contributed by atoms with van der Waals surface area (Å²) in [7, 11) is 1.51. The zero-order chi connectivity index (χ0) is 20.1. The third-order valence-corrected chi connectivity index (χ3v) is 6.96. The van der Waals surface area contributed by atoms with Crippen molar-refractivity contribution in [2.75, 3.05) is 12.4 Å². The van der Waals surface area contributed by atoms with Crippen LogP contribution in [0.4, 0.5) is 9.52 Å². The molecule has 0 bridgehead atoms. The number of anilines is 1. The summed E-state index contributed by atoms with van der Waals surface area (Å²) in [6.45, 7) is 4.20. The summed E-state index contributed by atoms with van der Waals surface area (Å²) in [6.07, 6.45) is 1.17. The number of nitrogens with zero attached hydrogens (tertiary/aromatic N) is 1. The zero-order valence-electron chi connectivity index (χ0n) is 15.7. The summed E-state index contributed by atoms with van der Waals surface area (Å²) in [4.78, 5) is 30.8. The lowest BCUT2D eigenvalue weighted by Gasteiger charge is -2.26. The highest BCUT2D eigenvalue weighted by Crippen LogP contribution is 2.39. The molecule has 0 atom stereocenters. The molecule has 0 saturated heterocycles. The Morgan fingerprint density at radius 2 is 2.11 bits per heavy atom. The third kappa shape index (κ3) is 3.36. The maximum absolute atomic E-state index is 14.3. The highest BCUT2D eigenvalue weighted by atomic mass is 32.1. The van der Waals surface area contributed by atoms with Gasteiger partial charge in [0, 0.05) is 29.2 Å². The number of thiophene rings is 1. The van der Waals surface area contributed by atoms with Crippen LogP contribution in [0.15, 0.2) is 18.2 Å². The predicted molar refractivity (Wildman–Crippen MR) is 109 cm³/mol. The second kappa shape index (κ2) is 7.02. The summed E-state index contributed by atoms with van der Waals surface area (Å²) in [6, 6.07) is 4.77. The molecule has 1 aliphatic rings. The van der Waals surface area contributed by atoms with Crippen LogP contribution in [-0.4, -0.2) is 23.8 Å². The Balaban J connectivity index is 1.68. The van der Waals surface area contributed by atoms with Gasteiger partial charge < -0.3 is 4.74 Å². The molecule has 8 heteroatoms. The molecule has 146 valence electrons. The number of ketones is 1. The number of methoxy groups -OCH3 is 1. The number of fused-ring (bicyclic) bond motifs is 2. The first-order valence-electron chi connectivity index (χ1n) is 8.82. The van der Waals surface area contributed by atoms with Crippen molar-refractivity contribution in [2.24, 2.45) is 5.41 Å². The third-order valence-electron chi connectivity index (χ3n) is 4.71. The first-order chi connectivity index (χ1) is 13.3. The first-order valence-corrected chi connectivity index (χ1v) is 10.5. The van der Waals surface area contributed by atoms with Crippen molar-refractivity contribution in [2.45, 2.75) is 33.3 Å². The summed E-state index contributed by atoms with van der Waals surface area (Å²) >= 11 is 2.42. The lowest BCUT2D eigenvalue weighted by molar-refractivity contribution is 0.0915. The Hall–Kier alpha value is -2.16. The second-order valence-electron chi connectivity index (χ2n) is 7.65. The number of Topliss-reactive ketones (excluding diaryl/α,β-unsaturated/α-hetero) is 1. The van der Waals surface area contributed by atoms with E-state index in [0.717, 1.165) is 5.69 Å². The van der Waals surface area contributed by atoms with Crippen molar-refractivity contribution in [1.82, 2.24) is 4.98 Å². The van der Waals surface area contributed by atoms with E-state index in [4.69, 9.17) is 4.74 Å². The average Bonchev–Trinajstić information content (AvgIpc) is 3.16. The minimum absolute atomic E-state index is 0.0632. The molecule has 1 N–H and O–H groups in total. The lowest BCUT2D eigenvalue weighted by Crippen LogP contribution is -2.26. The Morgan fingerprint density at radius 3 is 2.86 bits per heavy atom. The number of halogens is 1. The number of nitrogens with one attached hydrogen (secondary N) is 1. The molecule has 1 amide bonds. The van der Waals surface area contributed by atoms with Gasteiger partial charge in [0.15, 0.2) is 10.9 Å². The van der Waals surface area contributed by atoms with Gasteiger partial charge in [-0.2, -0.15) is 0 Å². The number of carbonyl (C=O) groups is 2. The Labute approximate surface area is 169 Å². The zero-order valence-corrected chi connectivity index (χ0v) is 17.4. The summed E-state index contributed by atoms with van der Waals surface area (Å²) in [5, 5.41) is 3.59. The molecule has 0 unspecified atom stereocenters. The van der Waals surface area contributed by atoms with Gasteiger partial charge in [-0.1, -0.05) is 31.3 Å². The fraction of sp³-hybridized carbons (Fsp3) is 0.350. The number of rotatable bonds is 4. The largest absolute Gasteiger partial charge is 0.380 e. The van der Waals surface area contributed by atoms with Gasteiger partial charge >= 0.3 is 0 Å². The standard InChI is InChI=1S/C20H19FN2O3S2/c1-20(2)7-12-17(13(24)8-20)28-19(22-12)23-18(25)16-10(9-26-3)15-11(21)5-4-6-14(15)27-16/h4-6H,7-9H2,1-3H3,(H,22,23,25). The van der Waals surface area contributed by atoms with Crippen molar-refractivity contribution < 1.29 is 18.7 Å². The van der Waals surface area contributed by atoms with Gasteiger partial charge in [0.2, 0.25) is 0 Å². The van der Waals surface area contributed by atoms with Crippen LogP contribution in [0.1, 0.15) is 50.9 Å². The van der Waals surface area contributed by atoms with E-state index in [0.29, 0.717) is 43.4 Å².